The van der Waals surface area contributed by atoms with Gasteiger partial charge in [-0.3, -0.25) is 14.5 Å². The van der Waals surface area contributed by atoms with Crippen molar-refractivity contribution in [1.29, 1.82) is 0 Å². The minimum Gasteiger partial charge on any atom is -0.496 e. The molecule has 1 aromatic carbocycles. The van der Waals surface area contributed by atoms with Crippen LogP contribution in [0, 0.1) is 0 Å². The van der Waals surface area contributed by atoms with Gasteiger partial charge in [-0.25, -0.2) is 4.79 Å². The summed E-state index contributed by atoms with van der Waals surface area (Å²) >= 11 is 0.834. The van der Waals surface area contributed by atoms with Gasteiger partial charge >= 0.3 is 5.97 Å². The molecule has 1 aromatic heterocycles. The molecule has 0 bridgehead atoms. The Balaban J connectivity index is 1.59. The Hall–Kier alpha value is -3.40. The van der Waals surface area contributed by atoms with Gasteiger partial charge in [0.15, 0.2) is 0 Å². The van der Waals surface area contributed by atoms with Gasteiger partial charge in [-0.05, 0) is 48.9 Å². The first kappa shape index (κ1) is 22.8. The summed E-state index contributed by atoms with van der Waals surface area (Å²) in [6, 6.07) is 6.69. The molecule has 0 atom stereocenters. The van der Waals surface area contributed by atoms with Crippen molar-refractivity contribution >= 4 is 40.6 Å². The smallest absolute Gasteiger partial charge is 0.373 e. The van der Waals surface area contributed by atoms with E-state index in [-0.39, 0.29) is 17.2 Å². The van der Waals surface area contributed by atoms with Gasteiger partial charge in [0.2, 0.25) is 5.76 Å². The van der Waals surface area contributed by atoms with E-state index in [0.29, 0.717) is 22.8 Å². The molecule has 2 aromatic rings. The first-order valence-electron chi connectivity index (χ1n) is 10.4. The predicted molar refractivity (Wildman–Crippen MR) is 123 cm³/mol. The van der Waals surface area contributed by atoms with Crippen molar-refractivity contribution in [3.05, 3.63) is 46.3 Å². The molecule has 4 rings (SSSR count). The van der Waals surface area contributed by atoms with Gasteiger partial charge in [0.1, 0.15) is 17.3 Å². The molecule has 2 aliphatic rings. The van der Waals surface area contributed by atoms with Gasteiger partial charge in [0.05, 0.1) is 38.5 Å². The molecule has 2 aliphatic heterocycles. The Morgan fingerprint density at radius 2 is 1.82 bits per heavy atom. The van der Waals surface area contributed by atoms with Crippen molar-refractivity contribution in [2.24, 2.45) is 0 Å². The topological polar surface area (TPSA) is 98.5 Å². The van der Waals surface area contributed by atoms with Crippen molar-refractivity contribution in [1.82, 2.24) is 4.90 Å². The molecular weight excluding hydrogens is 448 g/mol. The van der Waals surface area contributed by atoms with Crippen LogP contribution in [-0.2, 0) is 16.1 Å². The maximum atomic E-state index is 13.0. The van der Waals surface area contributed by atoms with Crippen molar-refractivity contribution in [3.63, 3.8) is 0 Å². The van der Waals surface area contributed by atoms with Crippen molar-refractivity contribution in [2.75, 3.05) is 39.3 Å². The highest BCUT2D eigenvalue weighted by Gasteiger charge is 2.36. The van der Waals surface area contributed by atoms with Crippen LogP contribution >= 0.6 is 11.8 Å². The molecule has 9 nitrogen and oxygen atoms in total. The van der Waals surface area contributed by atoms with E-state index in [0.717, 1.165) is 48.3 Å². The third kappa shape index (κ3) is 4.56. The molecule has 0 saturated carbocycles. The molecule has 10 heteroatoms. The van der Waals surface area contributed by atoms with Crippen LogP contribution in [0.15, 0.2) is 33.6 Å². The van der Waals surface area contributed by atoms with Crippen LogP contribution in [0.4, 0.5) is 10.5 Å². The summed E-state index contributed by atoms with van der Waals surface area (Å²) in [5.74, 6) is 0.477. The monoisotopic (exact) mass is 472 g/mol. The van der Waals surface area contributed by atoms with Gasteiger partial charge in [-0.15, -0.1) is 0 Å². The van der Waals surface area contributed by atoms with E-state index < -0.39 is 17.1 Å². The number of amides is 2. The number of methoxy groups -OCH3 is 3. The lowest BCUT2D eigenvalue weighted by Crippen LogP contribution is -2.27. The molecular formula is C23H24N2O7S. The summed E-state index contributed by atoms with van der Waals surface area (Å²) in [5, 5.41) is -0.429. The van der Waals surface area contributed by atoms with E-state index in [2.05, 4.69) is 9.64 Å². The number of hydrogen-bond donors (Lipinski definition) is 0. The second-order valence-electron chi connectivity index (χ2n) is 7.49. The Labute approximate surface area is 195 Å². The number of hydrogen-bond acceptors (Lipinski definition) is 9. The van der Waals surface area contributed by atoms with Crippen LogP contribution in [0.2, 0.25) is 0 Å². The summed E-state index contributed by atoms with van der Waals surface area (Å²) in [6.45, 7) is 1.80. The largest absolute Gasteiger partial charge is 0.496 e. The number of esters is 1. The van der Waals surface area contributed by atoms with Gasteiger partial charge in [0.25, 0.3) is 11.1 Å². The van der Waals surface area contributed by atoms with Crippen LogP contribution in [0.1, 0.15) is 34.7 Å². The van der Waals surface area contributed by atoms with Crippen molar-refractivity contribution < 1.29 is 33.0 Å². The van der Waals surface area contributed by atoms with E-state index in [1.807, 2.05) is 12.1 Å². The zero-order valence-electron chi connectivity index (χ0n) is 18.6. The Kier molecular flexibility index (Phi) is 6.64. The van der Waals surface area contributed by atoms with Gasteiger partial charge < -0.3 is 23.5 Å². The number of anilines is 1. The summed E-state index contributed by atoms with van der Waals surface area (Å²) < 4.78 is 21.2. The molecule has 2 saturated heterocycles. The lowest BCUT2D eigenvalue weighted by atomic mass is 10.1. The fraction of sp³-hybridized carbons (Fsp3) is 0.348. The SMILES string of the molecule is COC(=O)c1ccc(CN2C(=O)SC(=Cc3cc(OC)c(N4CCCC4)cc3OC)C2=O)o1. The van der Waals surface area contributed by atoms with Gasteiger partial charge in [0, 0.05) is 24.7 Å². The number of carbonyl (C=O) groups is 3. The molecule has 0 radical (unpaired) electrons. The van der Waals surface area contributed by atoms with E-state index >= 15 is 0 Å². The van der Waals surface area contributed by atoms with E-state index in [4.69, 9.17) is 13.9 Å². The van der Waals surface area contributed by atoms with Gasteiger partial charge in [-0.1, -0.05) is 0 Å². The number of furan rings is 1. The normalized spacial score (nSPS) is 17.2. The van der Waals surface area contributed by atoms with E-state index in [1.54, 1.807) is 20.3 Å². The highest BCUT2D eigenvalue weighted by molar-refractivity contribution is 8.18. The molecule has 0 aliphatic carbocycles. The van der Waals surface area contributed by atoms with Crippen LogP contribution < -0.4 is 14.4 Å². The van der Waals surface area contributed by atoms with Crippen LogP contribution in [0.5, 0.6) is 11.5 Å². The molecule has 3 heterocycles. The molecule has 2 fully saturated rings. The minimum absolute atomic E-state index is 0.00457. The Bertz CT molecular complexity index is 1120. The molecule has 2 amide bonds. The number of ether oxygens (including phenoxy) is 3. The minimum atomic E-state index is -0.631. The Morgan fingerprint density at radius 3 is 2.48 bits per heavy atom. The lowest BCUT2D eigenvalue weighted by Gasteiger charge is -2.22. The fourth-order valence-corrected chi connectivity index (χ4v) is 4.66. The molecule has 33 heavy (non-hydrogen) atoms. The van der Waals surface area contributed by atoms with Crippen LogP contribution in [-0.4, -0.2) is 56.4 Å². The Morgan fingerprint density at radius 1 is 1.09 bits per heavy atom. The molecule has 0 spiro atoms. The average molecular weight is 473 g/mol. The maximum absolute atomic E-state index is 13.0. The quantitative estimate of drug-likeness (QED) is 0.438. The maximum Gasteiger partial charge on any atom is 0.373 e. The predicted octanol–water partition coefficient (Wildman–Crippen LogP) is 3.92. The van der Waals surface area contributed by atoms with Crippen LogP contribution in [0.25, 0.3) is 6.08 Å². The van der Waals surface area contributed by atoms with E-state index in [9.17, 15) is 14.4 Å². The number of imide groups is 1. The highest BCUT2D eigenvalue weighted by atomic mass is 32.2. The van der Waals surface area contributed by atoms with Crippen molar-refractivity contribution in [2.45, 2.75) is 19.4 Å². The summed E-state index contributed by atoms with van der Waals surface area (Å²) in [5.41, 5.74) is 1.57. The number of thioether (sulfide) groups is 1. The van der Waals surface area contributed by atoms with Crippen molar-refractivity contribution in [3.8, 4) is 11.5 Å². The number of carbonyl (C=O) groups excluding carboxylic acids is 3. The third-order valence-electron chi connectivity index (χ3n) is 5.50. The zero-order valence-corrected chi connectivity index (χ0v) is 19.4. The standard InChI is InChI=1S/C23H24N2O7S/c1-29-18-12-16(24-8-4-5-9-24)19(30-2)10-14(18)11-20-21(26)25(23(28)33-20)13-15-6-7-17(32-15)22(27)31-3/h6-7,10-12H,4-5,8-9,13H2,1-3H3. The number of benzene rings is 1. The molecule has 174 valence electrons. The summed E-state index contributed by atoms with van der Waals surface area (Å²) in [4.78, 5) is 40.6. The second-order valence-corrected chi connectivity index (χ2v) is 8.48. The summed E-state index contributed by atoms with van der Waals surface area (Å²) in [6.07, 6.45) is 3.87. The average Bonchev–Trinajstić information content (AvgIpc) is 3.57. The molecule has 0 N–H and O–H groups in total. The first-order chi connectivity index (χ1) is 15.9. The number of nitrogens with zero attached hydrogens (tertiary/aromatic N) is 2. The molecule has 0 unspecified atom stereocenters. The lowest BCUT2D eigenvalue weighted by molar-refractivity contribution is -0.123. The first-order valence-corrected chi connectivity index (χ1v) is 11.2. The third-order valence-corrected chi connectivity index (χ3v) is 6.41. The van der Waals surface area contributed by atoms with Gasteiger partial charge in [-0.2, -0.15) is 0 Å². The fourth-order valence-electron chi connectivity index (χ4n) is 3.83. The highest BCUT2D eigenvalue weighted by Crippen LogP contribution is 2.40. The zero-order chi connectivity index (χ0) is 23.5. The number of rotatable bonds is 7. The van der Waals surface area contributed by atoms with Crippen LogP contribution in [0.3, 0.4) is 0 Å². The van der Waals surface area contributed by atoms with E-state index in [1.165, 1.54) is 19.2 Å². The summed E-state index contributed by atoms with van der Waals surface area (Å²) in [7, 11) is 4.41. The second kappa shape index (κ2) is 9.62.